The molecule has 0 radical (unpaired) electrons. The average Bonchev–Trinajstić information content (AvgIpc) is 3.09. The third kappa shape index (κ3) is 4.74. The highest BCUT2D eigenvalue weighted by atomic mass is 32.1. The van der Waals surface area contributed by atoms with Crippen molar-refractivity contribution in [2.45, 2.75) is 32.6 Å². The van der Waals surface area contributed by atoms with Crippen LogP contribution in [0.3, 0.4) is 0 Å². The van der Waals surface area contributed by atoms with E-state index in [1.54, 1.807) is 12.1 Å². The lowest BCUT2D eigenvalue weighted by atomic mass is 9.87. The van der Waals surface area contributed by atoms with Gasteiger partial charge in [0, 0.05) is 16.1 Å². The number of hydrogen-bond acceptors (Lipinski definition) is 5. The number of amides is 2. The molecule has 1 unspecified atom stereocenters. The van der Waals surface area contributed by atoms with Crippen LogP contribution < -0.4 is 11.1 Å². The van der Waals surface area contributed by atoms with Gasteiger partial charge in [0.05, 0.1) is 0 Å². The number of nitrogens with one attached hydrogen (secondary N) is 1. The molecule has 27 heavy (non-hydrogen) atoms. The van der Waals surface area contributed by atoms with Crippen LogP contribution in [0.15, 0.2) is 30.3 Å². The van der Waals surface area contributed by atoms with Crippen molar-refractivity contribution in [3.8, 4) is 0 Å². The van der Waals surface area contributed by atoms with Gasteiger partial charge in [-0.05, 0) is 61.1 Å². The van der Waals surface area contributed by atoms with Crippen molar-refractivity contribution in [2.75, 3.05) is 11.9 Å². The van der Waals surface area contributed by atoms with Gasteiger partial charge in [-0.1, -0.05) is 13.3 Å². The minimum atomic E-state index is -0.536. The number of primary amides is 1. The largest absolute Gasteiger partial charge is 0.451 e. The van der Waals surface area contributed by atoms with Gasteiger partial charge < -0.3 is 15.8 Å². The number of fused-ring (bicyclic) bond motifs is 1. The Bertz CT molecular complexity index is 857. The maximum absolute atomic E-state index is 12.2. The quantitative estimate of drug-likeness (QED) is 0.745. The predicted molar refractivity (Wildman–Crippen MR) is 104 cm³/mol. The summed E-state index contributed by atoms with van der Waals surface area (Å²) in [6.07, 6.45) is 4.33. The molecule has 3 rings (SSSR count). The molecule has 0 spiro atoms. The standard InChI is InChI=1S/C20H22N2O4S/c1-2-12-3-8-16-14(9-12)10-17(27-16)20(25)26-11-18(23)22-15-6-4-13(5-7-15)19(21)24/h4-7,10,12H,2-3,8-9,11H2,1H3,(H2,21,24)(H,22,23). The molecule has 1 aromatic heterocycles. The van der Waals surface area contributed by atoms with Gasteiger partial charge in [0.2, 0.25) is 5.91 Å². The van der Waals surface area contributed by atoms with Gasteiger partial charge in [-0.25, -0.2) is 4.79 Å². The minimum Gasteiger partial charge on any atom is -0.451 e. The summed E-state index contributed by atoms with van der Waals surface area (Å²) in [5.41, 5.74) is 7.26. The van der Waals surface area contributed by atoms with Crippen LogP contribution in [-0.2, 0) is 22.4 Å². The highest BCUT2D eigenvalue weighted by Crippen LogP contribution is 2.33. The van der Waals surface area contributed by atoms with E-state index in [2.05, 4.69) is 12.2 Å². The smallest absolute Gasteiger partial charge is 0.348 e. The van der Waals surface area contributed by atoms with Crippen LogP contribution in [-0.4, -0.2) is 24.4 Å². The van der Waals surface area contributed by atoms with Crippen LogP contribution in [0.4, 0.5) is 5.69 Å². The first-order chi connectivity index (χ1) is 13.0. The molecule has 3 N–H and O–H groups in total. The van der Waals surface area contributed by atoms with Gasteiger partial charge in [0.1, 0.15) is 4.88 Å². The second kappa shape index (κ2) is 8.35. The zero-order chi connectivity index (χ0) is 19.4. The number of ether oxygens (including phenoxy) is 1. The summed E-state index contributed by atoms with van der Waals surface area (Å²) in [5, 5.41) is 2.61. The minimum absolute atomic E-state index is 0.353. The molecule has 1 atom stereocenters. The summed E-state index contributed by atoms with van der Waals surface area (Å²) < 4.78 is 5.14. The third-order valence-electron chi connectivity index (χ3n) is 4.75. The molecule has 2 aromatic rings. The number of aryl methyl sites for hydroxylation is 1. The molecule has 1 aliphatic rings. The van der Waals surface area contributed by atoms with E-state index in [4.69, 9.17) is 10.5 Å². The number of carbonyl (C=O) groups excluding carboxylic acids is 3. The molecule has 0 fully saturated rings. The third-order valence-corrected chi connectivity index (χ3v) is 5.97. The van der Waals surface area contributed by atoms with Gasteiger partial charge in [-0.2, -0.15) is 0 Å². The number of anilines is 1. The first-order valence-corrected chi connectivity index (χ1v) is 9.76. The zero-order valence-electron chi connectivity index (χ0n) is 15.1. The topological polar surface area (TPSA) is 98.5 Å². The number of rotatable bonds is 6. The molecule has 7 heteroatoms. The van der Waals surface area contributed by atoms with Gasteiger partial charge in [0.25, 0.3) is 5.91 Å². The Kier molecular flexibility index (Phi) is 5.91. The van der Waals surface area contributed by atoms with Crippen molar-refractivity contribution in [3.05, 3.63) is 51.2 Å². The summed E-state index contributed by atoms with van der Waals surface area (Å²) >= 11 is 1.47. The number of benzene rings is 1. The highest BCUT2D eigenvalue weighted by molar-refractivity contribution is 7.14. The van der Waals surface area contributed by atoms with Crippen LogP contribution in [0, 0.1) is 5.92 Å². The fraction of sp³-hybridized carbons (Fsp3) is 0.350. The van der Waals surface area contributed by atoms with Gasteiger partial charge in [-0.15, -0.1) is 11.3 Å². The van der Waals surface area contributed by atoms with Crippen molar-refractivity contribution < 1.29 is 19.1 Å². The molecule has 1 heterocycles. The first kappa shape index (κ1) is 19.1. The van der Waals surface area contributed by atoms with Crippen molar-refractivity contribution in [3.63, 3.8) is 0 Å². The Balaban J connectivity index is 1.52. The number of esters is 1. The lowest BCUT2D eigenvalue weighted by Crippen LogP contribution is -2.20. The van der Waals surface area contributed by atoms with E-state index in [0.717, 1.165) is 25.7 Å². The van der Waals surface area contributed by atoms with E-state index >= 15 is 0 Å². The van der Waals surface area contributed by atoms with E-state index in [9.17, 15) is 14.4 Å². The summed E-state index contributed by atoms with van der Waals surface area (Å²) in [6, 6.07) is 8.08. The van der Waals surface area contributed by atoms with Gasteiger partial charge >= 0.3 is 5.97 Å². The van der Waals surface area contributed by atoms with Gasteiger partial charge in [-0.3, -0.25) is 9.59 Å². The Morgan fingerprint density at radius 2 is 2.00 bits per heavy atom. The molecule has 142 valence electrons. The maximum atomic E-state index is 12.2. The van der Waals surface area contributed by atoms with E-state index in [1.807, 2.05) is 6.07 Å². The van der Waals surface area contributed by atoms with Crippen molar-refractivity contribution in [1.29, 1.82) is 0 Å². The maximum Gasteiger partial charge on any atom is 0.348 e. The molecule has 1 aliphatic carbocycles. The normalized spacial score (nSPS) is 15.7. The number of hydrogen-bond donors (Lipinski definition) is 2. The second-order valence-electron chi connectivity index (χ2n) is 6.64. The predicted octanol–water partition coefficient (Wildman–Crippen LogP) is 3.16. The molecule has 0 bridgehead atoms. The van der Waals surface area contributed by atoms with Crippen LogP contribution in [0.25, 0.3) is 0 Å². The summed E-state index contributed by atoms with van der Waals surface area (Å²) in [6.45, 7) is 1.83. The molecule has 0 saturated carbocycles. The van der Waals surface area contributed by atoms with Crippen LogP contribution in [0.5, 0.6) is 0 Å². The molecular weight excluding hydrogens is 364 g/mol. The first-order valence-electron chi connectivity index (χ1n) is 8.94. The molecule has 1 aromatic carbocycles. The Hall–Kier alpha value is -2.67. The number of thiophene rings is 1. The van der Waals surface area contributed by atoms with Crippen LogP contribution >= 0.6 is 11.3 Å². The lowest BCUT2D eigenvalue weighted by molar-refractivity contribution is -0.119. The van der Waals surface area contributed by atoms with Gasteiger partial charge in [0.15, 0.2) is 6.61 Å². The molecule has 2 amide bonds. The SMILES string of the molecule is CCC1CCc2sc(C(=O)OCC(=O)Nc3ccc(C(N)=O)cc3)cc2C1. The average molecular weight is 386 g/mol. The van der Waals surface area contributed by atoms with Crippen molar-refractivity contribution in [1.82, 2.24) is 0 Å². The van der Waals surface area contributed by atoms with E-state index in [0.29, 0.717) is 22.0 Å². The Morgan fingerprint density at radius 3 is 2.67 bits per heavy atom. The van der Waals surface area contributed by atoms with Crippen molar-refractivity contribution >= 4 is 34.8 Å². The molecule has 6 nitrogen and oxygen atoms in total. The fourth-order valence-electron chi connectivity index (χ4n) is 3.17. The number of carbonyl (C=O) groups is 3. The van der Waals surface area contributed by atoms with Crippen LogP contribution in [0.1, 0.15) is 50.2 Å². The Labute approximate surface area is 161 Å². The fourth-order valence-corrected chi connectivity index (χ4v) is 4.27. The Morgan fingerprint density at radius 1 is 1.26 bits per heavy atom. The summed E-state index contributed by atoms with van der Waals surface area (Å²) in [5.74, 6) is -0.766. The monoisotopic (exact) mass is 386 g/mol. The van der Waals surface area contributed by atoms with Crippen LogP contribution in [0.2, 0.25) is 0 Å². The van der Waals surface area contributed by atoms with E-state index in [1.165, 1.54) is 33.9 Å². The molecule has 0 aliphatic heterocycles. The highest BCUT2D eigenvalue weighted by Gasteiger charge is 2.23. The van der Waals surface area contributed by atoms with Crippen molar-refractivity contribution in [2.24, 2.45) is 11.7 Å². The van der Waals surface area contributed by atoms with E-state index < -0.39 is 17.8 Å². The zero-order valence-corrected chi connectivity index (χ0v) is 15.9. The lowest BCUT2D eigenvalue weighted by Gasteiger charge is -2.19. The second-order valence-corrected chi connectivity index (χ2v) is 7.78. The molecular formula is C20H22N2O4S. The van der Waals surface area contributed by atoms with E-state index in [-0.39, 0.29) is 6.61 Å². The molecule has 0 saturated heterocycles. The number of nitrogens with two attached hydrogens (primary N) is 1. The summed E-state index contributed by atoms with van der Waals surface area (Å²) in [7, 11) is 0. The summed E-state index contributed by atoms with van der Waals surface area (Å²) in [4.78, 5) is 37.1.